The molecular weight excluding hydrogens is 428 g/mol. The number of aliphatic hydroxyl groups is 1. The Labute approximate surface area is 193 Å². The van der Waals surface area contributed by atoms with E-state index in [2.05, 4.69) is 22.1 Å². The normalized spacial score (nSPS) is 14.2. The van der Waals surface area contributed by atoms with Crippen LogP contribution in [0.2, 0.25) is 0 Å². The number of hydrogen-bond donors (Lipinski definition) is 2. The molecule has 0 saturated carbocycles. The van der Waals surface area contributed by atoms with Crippen molar-refractivity contribution < 1.29 is 24.3 Å². The molecule has 10 nitrogen and oxygen atoms in total. The van der Waals surface area contributed by atoms with Crippen LogP contribution in [0.5, 0.6) is 0 Å². The Bertz CT molecular complexity index is 852. The van der Waals surface area contributed by atoms with Crippen molar-refractivity contribution in [1.82, 2.24) is 5.32 Å². The van der Waals surface area contributed by atoms with E-state index in [0.717, 1.165) is 5.56 Å². The maximum atomic E-state index is 12.5. The molecule has 0 aromatic heterocycles. The maximum Gasteiger partial charge on any atom is 0.514 e. The first-order valence-electron chi connectivity index (χ1n) is 10.5. The number of hydrogen-bond acceptors (Lipinski definition) is 9. The van der Waals surface area contributed by atoms with Crippen molar-refractivity contribution in [2.24, 2.45) is 16.1 Å². The molecule has 0 aliphatic carbocycles. The Balaban J connectivity index is 3.03. The summed E-state index contributed by atoms with van der Waals surface area (Å²) in [5.41, 5.74) is 0.826. The van der Waals surface area contributed by atoms with Crippen molar-refractivity contribution in [3.05, 3.63) is 82.3 Å². The summed E-state index contributed by atoms with van der Waals surface area (Å²) in [6.45, 7) is 9.42. The smallest absolute Gasteiger partial charge is 0.427 e. The molecule has 0 heterocycles. The van der Waals surface area contributed by atoms with E-state index in [9.17, 15) is 14.9 Å². The van der Waals surface area contributed by atoms with Gasteiger partial charge in [0.05, 0.1) is 4.92 Å². The first-order valence-corrected chi connectivity index (χ1v) is 10.5. The largest absolute Gasteiger partial charge is 0.514 e. The van der Waals surface area contributed by atoms with E-state index in [-0.39, 0.29) is 18.0 Å². The van der Waals surface area contributed by atoms with Crippen LogP contribution < -0.4 is 5.32 Å². The van der Waals surface area contributed by atoms with E-state index >= 15 is 0 Å². The third-order valence-electron chi connectivity index (χ3n) is 4.33. The van der Waals surface area contributed by atoms with Gasteiger partial charge in [-0.3, -0.25) is 10.1 Å². The standard InChI is InChI=1S/C23H32N4O6/c1-5-20(12-11-18(4)27(30)31)32-23(29)33-22(15-24-14-17(2)3)21(26-25-16-28)13-19-9-7-6-8-10-19/h5-12,17,21-22,24,28H,1,13-16H2,2-4H3/b18-11+,20-12+,26-25?/t21-,22+/m0/s1. The van der Waals surface area contributed by atoms with Crippen molar-refractivity contribution >= 4 is 6.16 Å². The Morgan fingerprint density at radius 1 is 1.27 bits per heavy atom. The summed E-state index contributed by atoms with van der Waals surface area (Å²) in [5, 5.41) is 30.9. The zero-order chi connectivity index (χ0) is 24.6. The molecular formula is C23H32N4O6. The summed E-state index contributed by atoms with van der Waals surface area (Å²) in [5.74, 6) is 0.364. The van der Waals surface area contributed by atoms with Gasteiger partial charge < -0.3 is 19.9 Å². The topological polar surface area (TPSA) is 136 Å². The minimum Gasteiger partial charge on any atom is -0.427 e. The van der Waals surface area contributed by atoms with Gasteiger partial charge in [0.25, 0.3) is 0 Å². The first kappa shape index (κ1) is 27.7. The highest BCUT2D eigenvalue weighted by atomic mass is 16.7. The highest BCUT2D eigenvalue weighted by Gasteiger charge is 2.27. The molecule has 0 radical (unpaired) electrons. The average Bonchev–Trinajstić information content (AvgIpc) is 2.78. The fourth-order valence-electron chi connectivity index (χ4n) is 2.67. The van der Waals surface area contributed by atoms with Crippen LogP contribution in [-0.2, 0) is 15.9 Å². The monoisotopic (exact) mass is 460 g/mol. The molecule has 0 spiro atoms. The number of carbonyl (C=O) groups is 1. The Kier molecular flexibility index (Phi) is 12.9. The minimum absolute atomic E-state index is 0.00770. The van der Waals surface area contributed by atoms with Crippen molar-refractivity contribution in [2.75, 3.05) is 19.8 Å². The van der Waals surface area contributed by atoms with Gasteiger partial charge in [-0.25, -0.2) is 4.79 Å². The second-order valence-electron chi connectivity index (χ2n) is 7.55. The molecule has 0 saturated heterocycles. The van der Waals surface area contributed by atoms with Crippen molar-refractivity contribution in [3.63, 3.8) is 0 Å². The summed E-state index contributed by atoms with van der Waals surface area (Å²) in [6, 6.07) is 8.92. The van der Waals surface area contributed by atoms with Crippen LogP contribution in [0.15, 0.2) is 76.8 Å². The third-order valence-corrected chi connectivity index (χ3v) is 4.33. The van der Waals surface area contributed by atoms with Crippen molar-refractivity contribution in [1.29, 1.82) is 0 Å². The molecule has 0 amide bonds. The number of nitrogens with zero attached hydrogens (tertiary/aromatic N) is 3. The molecule has 33 heavy (non-hydrogen) atoms. The van der Waals surface area contributed by atoms with E-state index in [1.165, 1.54) is 25.2 Å². The van der Waals surface area contributed by atoms with E-state index in [1.807, 2.05) is 44.2 Å². The molecule has 180 valence electrons. The Morgan fingerprint density at radius 3 is 2.55 bits per heavy atom. The lowest BCUT2D eigenvalue weighted by Crippen LogP contribution is -2.41. The Morgan fingerprint density at radius 2 is 1.97 bits per heavy atom. The number of nitrogens with one attached hydrogen (secondary N) is 1. The summed E-state index contributed by atoms with van der Waals surface area (Å²) >= 11 is 0. The molecule has 1 aromatic rings. The molecule has 0 unspecified atom stereocenters. The second kappa shape index (κ2) is 15.4. The van der Waals surface area contributed by atoms with Crippen LogP contribution in [0, 0.1) is 16.0 Å². The van der Waals surface area contributed by atoms with Gasteiger partial charge in [-0.15, -0.1) is 0 Å². The van der Waals surface area contributed by atoms with E-state index in [4.69, 9.17) is 14.6 Å². The summed E-state index contributed by atoms with van der Waals surface area (Å²) in [4.78, 5) is 22.7. The highest BCUT2D eigenvalue weighted by Crippen LogP contribution is 2.15. The van der Waals surface area contributed by atoms with Gasteiger partial charge in [0.2, 0.25) is 5.70 Å². The van der Waals surface area contributed by atoms with Gasteiger partial charge in [0, 0.05) is 26.0 Å². The van der Waals surface area contributed by atoms with Crippen molar-refractivity contribution in [2.45, 2.75) is 39.3 Å². The zero-order valence-corrected chi connectivity index (χ0v) is 19.2. The third kappa shape index (κ3) is 11.7. The number of allylic oxidation sites excluding steroid dienone is 4. The molecule has 10 heteroatoms. The molecule has 0 aliphatic rings. The van der Waals surface area contributed by atoms with Crippen LogP contribution in [0.25, 0.3) is 0 Å². The fraction of sp³-hybridized carbons (Fsp3) is 0.435. The predicted molar refractivity (Wildman–Crippen MR) is 124 cm³/mol. The van der Waals surface area contributed by atoms with Crippen LogP contribution in [0.3, 0.4) is 0 Å². The molecule has 1 rings (SSSR count). The average molecular weight is 461 g/mol. The van der Waals surface area contributed by atoms with Gasteiger partial charge in [-0.1, -0.05) is 50.8 Å². The van der Waals surface area contributed by atoms with E-state index in [1.54, 1.807) is 0 Å². The number of carbonyl (C=O) groups excluding carboxylic acids is 1. The number of benzene rings is 1. The molecule has 0 bridgehead atoms. The van der Waals surface area contributed by atoms with Crippen LogP contribution in [0.1, 0.15) is 26.3 Å². The Hall–Kier alpha value is -3.37. The number of rotatable bonds is 14. The quantitative estimate of drug-likeness (QED) is 0.107. The van der Waals surface area contributed by atoms with Gasteiger partial charge in [0.1, 0.15) is 17.9 Å². The van der Waals surface area contributed by atoms with E-state index in [0.29, 0.717) is 18.9 Å². The van der Waals surface area contributed by atoms with E-state index < -0.39 is 30.0 Å². The lowest BCUT2D eigenvalue weighted by Gasteiger charge is -2.24. The molecule has 1 aromatic carbocycles. The SMILES string of the molecule is C=C/C(=C\C=C(/C)[N+](=O)[O-])OC(=O)O[C@H](CNCC(C)C)[C@H](Cc1ccccc1)N=NCO. The predicted octanol–water partition coefficient (Wildman–Crippen LogP) is 4.02. The maximum absolute atomic E-state index is 12.5. The second-order valence-corrected chi connectivity index (χ2v) is 7.55. The zero-order valence-electron chi connectivity index (χ0n) is 19.2. The lowest BCUT2D eigenvalue weighted by molar-refractivity contribution is -0.424. The molecule has 2 atom stereocenters. The summed E-state index contributed by atoms with van der Waals surface area (Å²) < 4.78 is 10.7. The summed E-state index contributed by atoms with van der Waals surface area (Å²) in [6.07, 6.45) is 2.34. The van der Waals surface area contributed by atoms with Crippen LogP contribution in [0.4, 0.5) is 4.79 Å². The molecule has 2 N–H and O–H groups in total. The highest BCUT2D eigenvalue weighted by molar-refractivity contribution is 5.62. The molecule has 0 fully saturated rings. The van der Waals surface area contributed by atoms with Crippen LogP contribution in [-0.4, -0.2) is 48.2 Å². The number of aliphatic hydroxyl groups excluding tert-OH is 1. The van der Waals surface area contributed by atoms with Gasteiger partial charge >= 0.3 is 6.16 Å². The van der Waals surface area contributed by atoms with Gasteiger partial charge in [-0.2, -0.15) is 10.2 Å². The number of nitro groups is 1. The minimum atomic E-state index is -1.01. The first-order chi connectivity index (χ1) is 15.8. The number of ether oxygens (including phenoxy) is 2. The van der Waals surface area contributed by atoms with Gasteiger partial charge in [-0.05, 0) is 30.2 Å². The fourth-order valence-corrected chi connectivity index (χ4v) is 2.67. The lowest BCUT2D eigenvalue weighted by atomic mass is 10.0. The summed E-state index contributed by atoms with van der Waals surface area (Å²) in [7, 11) is 0. The van der Waals surface area contributed by atoms with Crippen LogP contribution >= 0.6 is 0 Å². The van der Waals surface area contributed by atoms with Crippen molar-refractivity contribution in [3.8, 4) is 0 Å². The van der Waals surface area contributed by atoms with Gasteiger partial charge in [0.15, 0.2) is 6.73 Å². The number of azo groups is 1. The molecule has 0 aliphatic heterocycles.